The lowest BCUT2D eigenvalue weighted by molar-refractivity contribution is 1.20. The van der Waals surface area contributed by atoms with Gasteiger partial charge in [0.1, 0.15) is 0 Å². The normalized spacial score (nSPS) is 12.0. The lowest BCUT2D eigenvalue weighted by Crippen LogP contribution is -2.43. The van der Waals surface area contributed by atoms with E-state index < -0.39 is 8.07 Å². The Morgan fingerprint density at radius 3 is 1.92 bits per heavy atom. The minimum absolute atomic E-state index is 1.05. The minimum atomic E-state index is -1.05. The largest absolute Gasteiger partial charge is 0.150 e. The summed E-state index contributed by atoms with van der Waals surface area (Å²) >= 11 is 2.03. The summed E-state index contributed by atoms with van der Waals surface area (Å²) in [6.45, 7) is 9.32. The van der Waals surface area contributed by atoms with Crippen LogP contribution in [-0.2, 0) is 0 Å². The number of hydrogen-bond donors (Lipinski definition) is 0. The van der Waals surface area contributed by atoms with Crippen molar-refractivity contribution in [3.8, 4) is 0 Å². The van der Waals surface area contributed by atoms with Gasteiger partial charge in [0.25, 0.3) is 0 Å². The third-order valence-electron chi connectivity index (χ3n) is 3.29. The first-order chi connectivity index (χ1) is 6.18. The lowest BCUT2D eigenvalue weighted by Gasteiger charge is -2.26. The highest BCUT2D eigenvalue weighted by Gasteiger charge is 2.30. The van der Waals surface area contributed by atoms with E-state index in [1.54, 1.807) is 4.50 Å². The molecule has 0 N–H and O–H groups in total. The number of aryl methyl sites for hydroxylation is 1. The smallest absolute Gasteiger partial charge is 0.0987 e. The molecule has 1 heterocycles. The Labute approximate surface area is 87.0 Å². The fourth-order valence-corrected chi connectivity index (χ4v) is 8.24. The summed E-state index contributed by atoms with van der Waals surface area (Å²) in [4.78, 5) is 1.47. The Balaban J connectivity index is 3.00. The highest BCUT2D eigenvalue weighted by molar-refractivity contribution is 7.27. The van der Waals surface area contributed by atoms with Crippen LogP contribution in [0.4, 0.5) is 0 Å². The highest BCUT2D eigenvalue weighted by Crippen LogP contribution is 2.23. The van der Waals surface area contributed by atoms with Crippen LogP contribution in [0.25, 0.3) is 0 Å². The molecular formula is C11H20SSi. The maximum atomic E-state index is 2.38. The predicted octanol–water partition coefficient (Wildman–Crippen LogP) is 3.77. The molecule has 1 rings (SSSR count). The summed E-state index contributed by atoms with van der Waals surface area (Å²) < 4.78 is 1.72. The monoisotopic (exact) mass is 212 g/mol. The van der Waals surface area contributed by atoms with E-state index in [1.165, 1.54) is 23.0 Å². The molecule has 0 aromatic carbocycles. The molecule has 0 radical (unpaired) electrons. The highest BCUT2D eigenvalue weighted by atomic mass is 32.1. The van der Waals surface area contributed by atoms with E-state index in [1.807, 2.05) is 11.3 Å². The van der Waals surface area contributed by atoms with E-state index in [2.05, 4.69) is 39.8 Å². The van der Waals surface area contributed by atoms with E-state index >= 15 is 0 Å². The second-order valence-electron chi connectivity index (χ2n) is 3.75. The second kappa shape index (κ2) is 4.42. The van der Waals surface area contributed by atoms with Gasteiger partial charge in [-0.25, -0.2) is 0 Å². The minimum Gasteiger partial charge on any atom is -0.150 e. The van der Waals surface area contributed by atoms with E-state index in [0.29, 0.717) is 0 Å². The topological polar surface area (TPSA) is 0 Å². The van der Waals surface area contributed by atoms with Gasteiger partial charge in [-0.1, -0.05) is 45.0 Å². The van der Waals surface area contributed by atoms with E-state index in [9.17, 15) is 0 Å². The molecular weight excluding hydrogens is 192 g/mol. The average molecular weight is 212 g/mol. The average Bonchev–Trinajstić information content (AvgIpc) is 2.57. The molecule has 0 saturated heterocycles. The number of thiophene rings is 1. The quantitative estimate of drug-likeness (QED) is 0.667. The van der Waals surface area contributed by atoms with Gasteiger partial charge in [0.15, 0.2) is 0 Å². The van der Waals surface area contributed by atoms with Gasteiger partial charge in [0.05, 0.1) is 8.07 Å². The second-order valence-corrected chi connectivity index (χ2v) is 10.6. The van der Waals surface area contributed by atoms with Gasteiger partial charge in [-0.05, 0) is 17.5 Å². The number of hydrogen-bond acceptors (Lipinski definition) is 1. The van der Waals surface area contributed by atoms with Crippen molar-refractivity contribution in [3.05, 3.63) is 17.0 Å². The molecule has 0 atom stereocenters. The Morgan fingerprint density at radius 1 is 1.08 bits per heavy atom. The van der Waals surface area contributed by atoms with Crippen molar-refractivity contribution in [2.75, 3.05) is 0 Å². The molecule has 0 fully saturated rings. The Kier molecular flexibility index (Phi) is 3.74. The molecule has 2 heteroatoms. The van der Waals surface area contributed by atoms with E-state index in [-0.39, 0.29) is 0 Å². The fraction of sp³-hybridized carbons (Fsp3) is 0.636. The predicted molar refractivity (Wildman–Crippen MR) is 65.9 cm³/mol. The zero-order valence-corrected chi connectivity index (χ0v) is 11.0. The van der Waals surface area contributed by atoms with Gasteiger partial charge in [-0.2, -0.15) is 11.3 Å². The van der Waals surface area contributed by atoms with Crippen LogP contribution in [0.5, 0.6) is 0 Å². The van der Waals surface area contributed by atoms with Gasteiger partial charge in [-0.3, -0.25) is 0 Å². The van der Waals surface area contributed by atoms with Gasteiger partial charge in [0.2, 0.25) is 0 Å². The van der Waals surface area contributed by atoms with Crippen LogP contribution in [0.15, 0.2) is 12.1 Å². The molecule has 1 aromatic heterocycles. The molecule has 0 nitrogen and oxygen atoms in total. The molecule has 13 heavy (non-hydrogen) atoms. The van der Waals surface area contributed by atoms with Crippen molar-refractivity contribution in [2.24, 2.45) is 0 Å². The van der Waals surface area contributed by atoms with Crippen molar-refractivity contribution in [3.63, 3.8) is 0 Å². The first-order valence-corrected chi connectivity index (χ1v) is 8.69. The summed E-state index contributed by atoms with van der Waals surface area (Å²) in [6, 6.07) is 8.87. The van der Waals surface area contributed by atoms with Crippen LogP contribution in [0.2, 0.25) is 18.1 Å². The van der Waals surface area contributed by atoms with E-state index in [4.69, 9.17) is 0 Å². The van der Waals surface area contributed by atoms with Crippen LogP contribution in [0.1, 0.15) is 25.6 Å². The molecule has 0 spiro atoms. The van der Waals surface area contributed by atoms with Crippen molar-refractivity contribution in [2.45, 2.75) is 45.8 Å². The third-order valence-corrected chi connectivity index (χ3v) is 11.0. The lowest BCUT2D eigenvalue weighted by atomic mass is 10.5. The standard InChI is InChI=1S/C11H20SSi/c1-5-13(6-2,7-3)11-9-8-10(4)12-11/h8-9H,5-7H2,1-4H3. The van der Waals surface area contributed by atoms with Crippen molar-refractivity contribution in [1.29, 1.82) is 0 Å². The summed E-state index contributed by atoms with van der Waals surface area (Å²) in [6.07, 6.45) is 0. The molecule has 74 valence electrons. The Bertz CT molecular complexity index is 253. The summed E-state index contributed by atoms with van der Waals surface area (Å²) in [5.74, 6) is 0. The summed E-state index contributed by atoms with van der Waals surface area (Å²) in [5.41, 5.74) is 0. The maximum absolute atomic E-state index is 2.38. The SMILES string of the molecule is CC[Si](CC)(CC)c1ccc(C)s1. The van der Waals surface area contributed by atoms with Crippen LogP contribution in [0, 0.1) is 6.92 Å². The zero-order chi connectivity index (χ0) is 9.90. The molecule has 0 unspecified atom stereocenters. The first kappa shape index (κ1) is 11.0. The fourth-order valence-electron chi connectivity index (χ4n) is 1.99. The zero-order valence-electron chi connectivity index (χ0n) is 9.18. The van der Waals surface area contributed by atoms with Crippen molar-refractivity contribution >= 4 is 23.9 Å². The molecule has 0 amide bonds. The molecule has 0 aliphatic rings. The van der Waals surface area contributed by atoms with Gasteiger partial charge >= 0.3 is 0 Å². The molecule has 0 aliphatic heterocycles. The molecule has 0 bridgehead atoms. The first-order valence-electron chi connectivity index (χ1n) is 5.25. The maximum Gasteiger partial charge on any atom is 0.0987 e. The van der Waals surface area contributed by atoms with Crippen LogP contribution in [-0.4, -0.2) is 8.07 Å². The van der Waals surface area contributed by atoms with Gasteiger partial charge in [-0.15, -0.1) is 0 Å². The molecule has 0 saturated carbocycles. The van der Waals surface area contributed by atoms with Gasteiger partial charge < -0.3 is 0 Å². The molecule has 0 aliphatic carbocycles. The van der Waals surface area contributed by atoms with Crippen LogP contribution >= 0.6 is 11.3 Å². The third kappa shape index (κ3) is 2.05. The Morgan fingerprint density at radius 2 is 1.62 bits per heavy atom. The summed E-state index contributed by atoms with van der Waals surface area (Å²) in [7, 11) is -1.05. The van der Waals surface area contributed by atoms with Crippen molar-refractivity contribution < 1.29 is 0 Å². The van der Waals surface area contributed by atoms with Crippen molar-refractivity contribution in [1.82, 2.24) is 0 Å². The van der Waals surface area contributed by atoms with Crippen LogP contribution in [0.3, 0.4) is 0 Å². The van der Waals surface area contributed by atoms with Gasteiger partial charge in [0, 0.05) is 4.88 Å². The van der Waals surface area contributed by atoms with E-state index in [0.717, 1.165) is 0 Å². The number of rotatable bonds is 4. The van der Waals surface area contributed by atoms with Crippen LogP contribution < -0.4 is 4.50 Å². The molecule has 1 aromatic rings. The summed E-state index contributed by atoms with van der Waals surface area (Å²) in [5, 5.41) is 0. The Hall–Kier alpha value is -0.0831.